The van der Waals surface area contributed by atoms with Crippen molar-refractivity contribution in [2.24, 2.45) is 0 Å². The molecule has 4 heteroatoms. The van der Waals surface area contributed by atoms with E-state index in [0.29, 0.717) is 0 Å². The summed E-state index contributed by atoms with van der Waals surface area (Å²) in [4.78, 5) is 10.7. The van der Waals surface area contributed by atoms with Crippen molar-refractivity contribution < 1.29 is 19.4 Å². The van der Waals surface area contributed by atoms with Crippen LogP contribution < -0.4 is 0 Å². The molecule has 0 saturated carbocycles. The first kappa shape index (κ1) is 9.48. The van der Waals surface area contributed by atoms with Gasteiger partial charge in [0.25, 0.3) is 5.79 Å². The second-order valence-corrected chi connectivity index (χ2v) is 3.34. The standard InChI is InChI=1S/C8H14O4/c1-5-4-6(2)12-8(3,11-5)7(9)10/h5-6H,4H2,1-3H3,(H,9,10)/t5-,6+,8?. The van der Waals surface area contributed by atoms with Crippen molar-refractivity contribution in [2.45, 2.75) is 45.2 Å². The lowest BCUT2D eigenvalue weighted by Gasteiger charge is -2.37. The first-order valence-electron chi connectivity index (χ1n) is 4.03. The lowest BCUT2D eigenvalue weighted by molar-refractivity contribution is -0.295. The molecule has 0 amide bonds. The number of carbonyl (C=O) groups is 1. The van der Waals surface area contributed by atoms with Gasteiger partial charge in [0, 0.05) is 6.92 Å². The van der Waals surface area contributed by atoms with Gasteiger partial charge in [-0.15, -0.1) is 0 Å². The van der Waals surface area contributed by atoms with Crippen molar-refractivity contribution in [3.05, 3.63) is 0 Å². The molecule has 1 heterocycles. The van der Waals surface area contributed by atoms with Crippen LogP contribution in [0.15, 0.2) is 0 Å². The minimum absolute atomic E-state index is 0.0603. The highest BCUT2D eigenvalue weighted by Gasteiger charge is 2.42. The SMILES string of the molecule is C[C@@H]1C[C@H](C)OC(C)(C(=O)O)O1. The molecule has 1 saturated heterocycles. The van der Waals surface area contributed by atoms with Crippen molar-refractivity contribution in [2.75, 3.05) is 0 Å². The van der Waals surface area contributed by atoms with E-state index in [1.807, 2.05) is 13.8 Å². The maximum Gasteiger partial charge on any atom is 0.364 e. The number of hydrogen-bond acceptors (Lipinski definition) is 3. The Balaban J connectivity index is 2.71. The summed E-state index contributed by atoms with van der Waals surface area (Å²) >= 11 is 0. The van der Waals surface area contributed by atoms with Crippen LogP contribution in [0.3, 0.4) is 0 Å². The molecule has 70 valence electrons. The Kier molecular flexibility index (Phi) is 2.39. The summed E-state index contributed by atoms with van der Waals surface area (Å²) in [7, 11) is 0. The van der Waals surface area contributed by atoms with Crippen molar-refractivity contribution in [1.82, 2.24) is 0 Å². The Morgan fingerprint density at radius 2 is 1.83 bits per heavy atom. The van der Waals surface area contributed by atoms with Crippen LogP contribution in [-0.2, 0) is 14.3 Å². The lowest BCUT2D eigenvalue weighted by atomic mass is 10.1. The largest absolute Gasteiger partial charge is 0.477 e. The molecule has 0 aromatic rings. The maximum atomic E-state index is 10.7. The highest BCUT2D eigenvalue weighted by Crippen LogP contribution is 2.26. The Bertz CT molecular complexity index is 179. The molecule has 1 unspecified atom stereocenters. The van der Waals surface area contributed by atoms with Gasteiger partial charge in [-0.05, 0) is 20.3 Å². The van der Waals surface area contributed by atoms with E-state index in [0.717, 1.165) is 6.42 Å². The number of aliphatic carboxylic acids is 1. The molecule has 4 nitrogen and oxygen atoms in total. The van der Waals surface area contributed by atoms with Crippen LogP contribution in [0, 0.1) is 0 Å². The zero-order valence-electron chi connectivity index (χ0n) is 7.53. The van der Waals surface area contributed by atoms with Gasteiger partial charge in [-0.25, -0.2) is 4.79 Å². The van der Waals surface area contributed by atoms with Gasteiger partial charge in [-0.1, -0.05) is 0 Å². The fourth-order valence-corrected chi connectivity index (χ4v) is 1.46. The highest BCUT2D eigenvalue weighted by atomic mass is 16.7. The number of hydrogen-bond donors (Lipinski definition) is 1. The third-order valence-electron chi connectivity index (χ3n) is 1.90. The van der Waals surface area contributed by atoms with E-state index in [1.54, 1.807) is 0 Å². The Hall–Kier alpha value is -0.610. The van der Waals surface area contributed by atoms with Crippen LogP contribution in [-0.4, -0.2) is 29.1 Å². The zero-order chi connectivity index (χ0) is 9.35. The van der Waals surface area contributed by atoms with Crippen molar-refractivity contribution in [3.63, 3.8) is 0 Å². The first-order chi connectivity index (χ1) is 5.44. The average Bonchev–Trinajstić information content (AvgIpc) is 1.82. The second-order valence-electron chi connectivity index (χ2n) is 3.34. The average molecular weight is 174 g/mol. The van der Waals surface area contributed by atoms with Gasteiger partial charge in [0.15, 0.2) is 0 Å². The van der Waals surface area contributed by atoms with E-state index in [-0.39, 0.29) is 12.2 Å². The van der Waals surface area contributed by atoms with Crippen LogP contribution in [0.2, 0.25) is 0 Å². The Morgan fingerprint density at radius 3 is 2.17 bits per heavy atom. The van der Waals surface area contributed by atoms with Crippen LogP contribution >= 0.6 is 0 Å². The molecule has 1 N–H and O–H groups in total. The summed E-state index contributed by atoms with van der Waals surface area (Å²) in [5.41, 5.74) is 0. The fraction of sp³-hybridized carbons (Fsp3) is 0.875. The summed E-state index contributed by atoms with van der Waals surface area (Å²) in [5.74, 6) is -2.53. The quantitative estimate of drug-likeness (QED) is 0.644. The Morgan fingerprint density at radius 1 is 1.42 bits per heavy atom. The van der Waals surface area contributed by atoms with Gasteiger partial charge >= 0.3 is 5.97 Å². The van der Waals surface area contributed by atoms with Crippen LogP contribution in [0.5, 0.6) is 0 Å². The van der Waals surface area contributed by atoms with Gasteiger partial charge in [-0.3, -0.25) is 0 Å². The van der Waals surface area contributed by atoms with Crippen LogP contribution in [0.25, 0.3) is 0 Å². The van der Waals surface area contributed by atoms with Gasteiger partial charge < -0.3 is 14.6 Å². The summed E-state index contributed by atoms with van der Waals surface area (Å²) in [5, 5.41) is 8.78. The minimum atomic E-state index is -1.46. The van der Waals surface area contributed by atoms with E-state index in [1.165, 1.54) is 6.92 Å². The minimum Gasteiger partial charge on any atom is -0.477 e. The predicted molar refractivity (Wildman–Crippen MR) is 41.8 cm³/mol. The maximum absolute atomic E-state index is 10.7. The molecule has 1 aliphatic heterocycles. The van der Waals surface area contributed by atoms with Crippen LogP contribution in [0.4, 0.5) is 0 Å². The van der Waals surface area contributed by atoms with Gasteiger partial charge in [0.05, 0.1) is 12.2 Å². The number of rotatable bonds is 1. The third kappa shape index (κ3) is 1.76. The number of ether oxygens (including phenoxy) is 2. The normalized spacial score (nSPS) is 42.6. The third-order valence-corrected chi connectivity index (χ3v) is 1.90. The molecule has 12 heavy (non-hydrogen) atoms. The van der Waals surface area contributed by atoms with Crippen molar-refractivity contribution in [3.8, 4) is 0 Å². The highest BCUT2D eigenvalue weighted by molar-refractivity contribution is 5.75. The molecular weight excluding hydrogens is 160 g/mol. The second kappa shape index (κ2) is 3.03. The van der Waals surface area contributed by atoms with E-state index in [2.05, 4.69) is 0 Å². The van der Waals surface area contributed by atoms with Gasteiger partial charge in [0.1, 0.15) is 0 Å². The van der Waals surface area contributed by atoms with Crippen molar-refractivity contribution >= 4 is 5.97 Å². The molecule has 0 radical (unpaired) electrons. The van der Waals surface area contributed by atoms with E-state index in [4.69, 9.17) is 14.6 Å². The molecule has 0 aromatic carbocycles. The Labute approximate surface area is 71.5 Å². The van der Waals surface area contributed by atoms with E-state index >= 15 is 0 Å². The molecular formula is C8H14O4. The molecule has 0 aromatic heterocycles. The summed E-state index contributed by atoms with van der Waals surface area (Å²) in [6.45, 7) is 5.13. The lowest BCUT2D eigenvalue weighted by Crippen LogP contribution is -2.50. The van der Waals surface area contributed by atoms with Crippen LogP contribution in [0.1, 0.15) is 27.2 Å². The van der Waals surface area contributed by atoms with Gasteiger partial charge in [-0.2, -0.15) is 0 Å². The first-order valence-corrected chi connectivity index (χ1v) is 4.03. The molecule has 1 rings (SSSR count). The fourth-order valence-electron chi connectivity index (χ4n) is 1.46. The summed E-state index contributed by atoms with van der Waals surface area (Å²) in [6, 6.07) is 0. The summed E-state index contributed by atoms with van der Waals surface area (Å²) < 4.78 is 10.4. The smallest absolute Gasteiger partial charge is 0.364 e. The van der Waals surface area contributed by atoms with Crippen molar-refractivity contribution in [1.29, 1.82) is 0 Å². The molecule has 1 aliphatic rings. The number of carboxylic acid groups (broad SMARTS) is 1. The molecule has 0 spiro atoms. The monoisotopic (exact) mass is 174 g/mol. The topological polar surface area (TPSA) is 55.8 Å². The molecule has 0 bridgehead atoms. The number of carboxylic acids is 1. The molecule has 0 aliphatic carbocycles. The zero-order valence-corrected chi connectivity index (χ0v) is 7.53. The summed E-state index contributed by atoms with van der Waals surface area (Å²) in [6.07, 6.45) is 0.618. The predicted octanol–water partition coefficient (Wildman–Crippen LogP) is 1.00. The van der Waals surface area contributed by atoms with E-state index in [9.17, 15) is 4.79 Å². The molecule has 3 atom stereocenters. The molecule has 1 fully saturated rings. The van der Waals surface area contributed by atoms with E-state index < -0.39 is 11.8 Å². The van der Waals surface area contributed by atoms with Gasteiger partial charge in [0.2, 0.25) is 0 Å².